The molecule has 0 aliphatic carbocycles. The maximum absolute atomic E-state index is 2.42. The summed E-state index contributed by atoms with van der Waals surface area (Å²) in [7, 11) is 0. The Labute approximate surface area is 354 Å². The highest BCUT2D eigenvalue weighted by Gasteiger charge is 2.19. The second kappa shape index (κ2) is 15.3. The van der Waals surface area contributed by atoms with E-state index in [1.807, 2.05) is 11.3 Å². The maximum Gasteiger partial charge on any atom is 0.0554 e. The quantitative estimate of drug-likeness (QED) is 0.148. The SMILES string of the molecule is c1ccc(-c2ccc(-c3ccc(N(c4ccc(-c5cccc(-c6cccc(-c7ccc8ccccc8c7)c6)c5)cc4)c4cccc5sc6ccccc6c45)cc3)cc2)cc1. The molecule has 10 aromatic carbocycles. The predicted molar refractivity (Wildman–Crippen MR) is 259 cm³/mol. The number of fused-ring (bicyclic) bond motifs is 4. The molecule has 1 aromatic heterocycles. The Morgan fingerprint density at radius 1 is 0.267 bits per heavy atom. The highest BCUT2D eigenvalue weighted by atomic mass is 32.1. The molecule has 0 aliphatic heterocycles. The van der Waals surface area contributed by atoms with Gasteiger partial charge in [-0.05, 0) is 127 Å². The number of hydrogen-bond donors (Lipinski definition) is 0. The van der Waals surface area contributed by atoms with Crippen LogP contribution in [-0.4, -0.2) is 0 Å². The van der Waals surface area contributed by atoms with Gasteiger partial charge in [-0.1, -0.05) is 176 Å². The summed E-state index contributed by atoms with van der Waals surface area (Å²) < 4.78 is 2.58. The van der Waals surface area contributed by atoms with Crippen LogP contribution in [0.1, 0.15) is 0 Å². The molecule has 0 fully saturated rings. The van der Waals surface area contributed by atoms with Crippen molar-refractivity contribution in [1.82, 2.24) is 0 Å². The number of anilines is 3. The lowest BCUT2D eigenvalue weighted by molar-refractivity contribution is 1.30. The number of rotatable bonds is 8. The Morgan fingerprint density at radius 3 is 1.32 bits per heavy atom. The van der Waals surface area contributed by atoms with E-state index in [1.54, 1.807) is 0 Å². The van der Waals surface area contributed by atoms with Crippen LogP contribution in [-0.2, 0) is 0 Å². The molecule has 0 amide bonds. The smallest absolute Gasteiger partial charge is 0.0554 e. The molecule has 0 bridgehead atoms. The molecular weight excluding hydrogens is 743 g/mol. The van der Waals surface area contributed by atoms with Crippen LogP contribution >= 0.6 is 11.3 Å². The first-order chi connectivity index (χ1) is 29.7. The second-order valence-electron chi connectivity index (χ2n) is 15.3. The van der Waals surface area contributed by atoms with E-state index in [2.05, 4.69) is 241 Å². The first kappa shape index (κ1) is 35.6. The fraction of sp³-hybridized carbons (Fsp3) is 0. The standard InChI is InChI=1S/C58H39NS/c1-2-11-40(12-3-1)42-23-25-43(26-24-42)44-29-33-52(34-30-44)59(55-20-10-22-57-58(55)54-19-6-7-21-56(54)60-57)53-35-31-45(32-36-53)47-15-8-16-48(37-47)49-17-9-18-50(39-49)51-28-27-41-13-4-5-14-46(41)38-51/h1-39H. The molecule has 0 spiro atoms. The zero-order valence-electron chi connectivity index (χ0n) is 32.9. The molecule has 60 heavy (non-hydrogen) atoms. The van der Waals surface area contributed by atoms with Crippen molar-refractivity contribution in [2.24, 2.45) is 0 Å². The summed E-state index contributed by atoms with van der Waals surface area (Å²) >= 11 is 1.86. The van der Waals surface area contributed by atoms with E-state index in [1.165, 1.54) is 92.3 Å². The normalized spacial score (nSPS) is 11.3. The van der Waals surface area contributed by atoms with Crippen LogP contribution in [0, 0.1) is 0 Å². The van der Waals surface area contributed by atoms with Crippen molar-refractivity contribution in [2.45, 2.75) is 0 Å². The molecule has 1 heterocycles. The summed E-state index contributed by atoms with van der Waals surface area (Å²) in [4.78, 5) is 2.42. The molecule has 282 valence electrons. The maximum atomic E-state index is 2.42. The van der Waals surface area contributed by atoms with Gasteiger partial charge >= 0.3 is 0 Å². The molecule has 11 rings (SSSR count). The number of thiophene rings is 1. The minimum atomic E-state index is 1.11. The molecule has 11 aromatic rings. The topological polar surface area (TPSA) is 3.24 Å². The third kappa shape index (κ3) is 6.73. The van der Waals surface area contributed by atoms with E-state index in [0.717, 1.165) is 11.4 Å². The van der Waals surface area contributed by atoms with Gasteiger partial charge in [0.15, 0.2) is 0 Å². The monoisotopic (exact) mass is 781 g/mol. The minimum Gasteiger partial charge on any atom is -0.310 e. The van der Waals surface area contributed by atoms with E-state index in [0.29, 0.717) is 0 Å². The van der Waals surface area contributed by atoms with Crippen molar-refractivity contribution in [1.29, 1.82) is 0 Å². The van der Waals surface area contributed by atoms with Crippen LogP contribution in [0.2, 0.25) is 0 Å². The zero-order chi connectivity index (χ0) is 39.8. The van der Waals surface area contributed by atoms with E-state index >= 15 is 0 Å². The van der Waals surface area contributed by atoms with E-state index < -0.39 is 0 Å². The third-order valence-electron chi connectivity index (χ3n) is 11.7. The van der Waals surface area contributed by atoms with E-state index in [-0.39, 0.29) is 0 Å². The Hall–Kier alpha value is -7.52. The average molecular weight is 782 g/mol. The molecule has 0 unspecified atom stereocenters. The van der Waals surface area contributed by atoms with Gasteiger partial charge in [0.1, 0.15) is 0 Å². The summed E-state index contributed by atoms with van der Waals surface area (Å²) in [5.74, 6) is 0. The van der Waals surface area contributed by atoms with Gasteiger partial charge in [-0.2, -0.15) is 0 Å². The van der Waals surface area contributed by atoms with Gasteiger partial charge in [-0.25, -0.2) is 0 Å². The average Bonchev–Trinajstić information content (AvgIpc) is 3.72. The Morgan fingerprint density at radius 2 is 0.683 bits per heavy atom. The van der Waals surface area contributed by atoms with E-state index in [4.69, 9.17) is 0 Å². The second-order valence-corrected chi connectivity index (χ2v) is 16.4. The van der Waals surface area contributed by atoms with Crippen LogP contribution < -0.4 is 4.90 Å². The molecule has 0 saturated heterocycles. The fourth-order valence-electron chi connectivity index (χ4n) is 8.59. The van der Waals surface area contributed by atoms with Crippen LogP contribution in [0.4, 0.5) is 17.1 Å². The van der Waals surface area contributed by atoms with Gasteiger partial charge < -0.3 is 4.90 Å². The van der Waals surface area contributed by atoms with Crippen LogP contribution in [0.5, 0.6) is 0 Å². The minimum absolute atomic E-state index is 1.11. The highest BCUT2D eigenvalue weighted by Crippen LogP contribution is 2.45. The zero-order valence-corrected chi connectivity index (χ0v) is 33.7. The Kier molecular flexibility index (Phi) is 9.11. The third-order valence-corrected chi connectivity index (χ3v) is 12.8. The van der Waals surface area contributed by atoms with Crippen molar-refractivity contribution in [3.8, 4) is 55.6 Å². The molecule has 0 aliphatic rings. The van der Waals surface area contributed by atoms with Gasteiger partial charge in [0, 0.05) is 31.5 Å². The summed E-state index contributed by atoms with van der Waals surface area (Å²) in [6, 6.07) is 86.1. The van der Waals surface area contributed by atoms with Gasteiger partial charge in [-0.15, -0.1) is 11.3 Å². The molecular formula is C58H39NS. The molecule has 0 atom stereocenters. The summed E-state index contributed by atoms with van der Waals surface area (Å²) in [6.45, 7) is 0. The predicted octanol–water partition coefficient (Wildman–Crippen LogP) is 17.0. The van der Waals surface area contributed by atoms with Crippen molar-refractivity contribution in [3.63, 3.8) is 0 Å². The van der Waals surface area contributed by atoms with Gasteiger partial charge in [0.05, 0.1) is 5.69 Å². The highest BCUT2D eigenvalue weighted by molar-refractivity contribution is 7.26. The number of benzene rings is 10. The van der Waals surface area contributed by atoms with Crippen molar-refractivity contribution in [3.05, 3.63) is 237 Å². The lowest BCUT2D eigenvalue weighted by Gasteiger charge is -2.27. The van der Waals surface area contributed by atoms with E-state index in [9.17, 15) is 0 Å². The summed E-state index contributed by atoms with van der Waals surface area (Å²) in [5, 5.41) is 5.08. The van der Waals surface area contributed by atoms with Crippen molar-refractivity contribution >= 4 is 59.3 Å². The Bertz CT molecular complexity index is 3290. The Balaban J connectivity index is 0.942. The number of nitrogens with zero attached hydrogens (tertiary/aromatic N) is 1. The largest absolute Gasteiger partial charge is 0.310 e. The fourth-order valence-corrected chi connectivity index (χ4v) is 9.71. The molecule has 0 N–H and O–H groups in total. The lowest BCUT2D eigenvalue weighted by atomic mass is 9.95. The molecule has 0 radical (unpaired) electrons. The summed E-state index contributed by atoms with van der Waals surface area (Å²) in [5.41, 5.74) is 15.5. The van der Waals surface area contributed by atoms with Crippen LogP contribution in [0.3, 0.4) is 0 Å². The van der Waals surface area contributed by atoms with Crippen LogP contribution in [0.15, 0.2) is 237 Å². The summed E-state index contributed by atoms with van der Waals surface area (Å²) in [6.07, 6.45) is 0. The first-order valence-corrected chi connectivity index (χ1v) is 21.3. The van der Waals surface area contributed by atoms with Crippen molar-refractivity contribution < 1.29 is 0 Å². The molecule has 1 nitrogen and oxygen atoms in total. The lowest BCUT2D eigenvalue weighted by Crippen LogP contribution is -2.10. The van der Waals surface area contributed by atoms with Gasteiger partial charge in [0.2, 0.25) is 0 Å². The molecule has 0 saturated carbocycles. The van der Waals surface area contributed by atoms with Gasteiger partial charge in [-0.3, -0.25) is 0 Å². The number of hydrogen-bond acceptors (Lipinski definition) is 2. The van der Waals surface area contributed by atoms with Crippen LogP contribution in [0.25, 0.3) is 86.6 Å². The van der Waals surface area contributed by atoms with Crippen molar-refractivity contribution in [2.75, 3.05) is 4.90 Å². The first-order valence-electron chi connectivity index (χ1n) is 20.5. The molecule has 2 heteroatoms. The van der Waals surface area contributed by atoms with Gasteiger partial charge in [0.25, 0.3) is 0 Å².